The number of amides is 1. The Balaban J connectivity index is 4.71. The lowest BCUT2D eigenvalue weighted by Gasteiger charge is -2.30. The molecular weight excluding hydrogens is 278 g/mol. The molecule has 21 heavy (non-hydrogen) atoms. The van der Waals surface area contributed by atoms with Crippen molar-refractivity contribution >= 4 is 11.9 Å². The van der Waals surface area contributed by atoms with Gasteiger partial charge in [0.2, 0.25) is 0 Å². The summed E-state index contributed by atoms with van der Waals surface area (Å²) in [5.41, 5.74) is 4.92. The van der Waals surface area contributed by atoms with Crippen molar-refractivity contribution in [2.24, 2.45) is 10.9 Å². The van der Waals surface area contributed by atoms with Gasteiger partial charge in [0.1, 0.15) is 11.6 Å². The summed E-state index contributed by atoms with van der Waals surface area (Å²) in [4.78, 5) is 13.2. The number of hydrogen-bond acceptors (Lipinski definition) is 6. The van der Waals surface area contributed by atoms with Gasteiger partial charge in [-0.25, -0.2) is 4.79 Å². The fourth-order valence-corrected chi connectivity index (χ4v) is 1.36. The first-order valence-corrected chi connectivity index (χ1v) is 6.81. The zero-order valence-electron chi connectivity index (χ0n) is 13.4. The van der Waals surface area contributed by atoms with E-state index in [0.29, 0.717) is 6.42 Å². The van der Waals surface area contributed by atoms with Gasteiger partial charge in [-0.05, 0) is 27.2 Å². The quantitative estimate of drug-likeness (QED) is 0.276. The Morgan fingerprint density at radius 2 is 1.95 bits per heavy atom. The molecule has 0 spiro atoms. The van der Waals surface area contributed by atoms with Crippen LogP contribution in [0.15, 0.2) is 5.16 Å². The van der Waals surface area contributed by atoms with E-state index in [0.717, 1.165) is 0 Å². The van der Waals surface area contributed by atoms with Crippen LogP contribution in [0.25, 0.3) is 0 Å². The van der Waals surface area contributed by atoms with Crippen LogP contribution in [0.2, 0.25) is 0 Å². The molecule has 8 nitrogen and oxygen atoms in total. The molecule has 2 unspecified atom stereocenters. The van der Waals surface area contributed by atoms with Crippen LogP contribution in [-0.4, -0.2) is 65.2 Å². The van der Waals surface area contributed by atoms with E-state index in [1.165, 1.54) is 11.9 Å². The minimum Gasteiger partial charge on any atom is -0.444 e. The molecule has 0 saturated carbocycles. The van der Waals surface area contributed by atoms with E-state index >= 15 is 0 Å². The van der Waals surface area contributed by atoms with Crippen molar-refractivity contribution in [2.75, 3.05) is 20.3 Å². The normalized spacial score (nSPS) is 15.4. The van der Waals surface area contributed by atoms with Crippen LogP contribution in [0.1, 0.15) is 34.1 Å². The Morgan fingerprint density at radius 3 is 2.38 bits per heavy atom. The molecule has 8 heteroatoms. The van der Waals surface area contributed by atoms with Gasteiger partial charge in [0.25, 0.3) is 0 Å². The molecule has 0 aromatic rings. The maximum absolute atomic E-state index is 12.0. The summed E-state index contributed by atoms with van der Waals surface area (Å²) in [6, 6.07) is -0.783. The molecule has 2 atom stereocenters. The number of aliphatic hydroxyl groups is 1. The van der Waals surface area contributed by atoms with Gasteiger partial charge in [-0.3, -0.25) is 4.90 Å². The number of carbonyl (C=O) groups excluding carboxylic acids is 1. The number of nitrogens with zero attached hydrogens (tertiary/aromatic N) is 2. The SMILES string of the molecule is CCC(O)COCC(/C(N)=N/O)N(C)C(=O)OC(C)(C)C. The standard InChI is InChI=1S/C13H27N3O5/c1-6-9(17)7-20-8-10(11(14)15-19)16(5)12(18)21-13(2,3)4/h9-10,17,19H,6-8H2,1-5H3,(H2,14,15). The van der Waals surface area contributed by atoms with E-state index in [4.69, 9.17) is 20.4 Å². The first kappa shape index (κ1) is 19.5. The molecule has 124 valence electrons. The summed E-state index contributed by atoms with van der Waals surface area (Å²) in [6.45, 7) is 7.14. The number of rotatable bonds is 7. The van der Waals surface area contributed by atoms with Gasteiger partial charge in [0.15, 0.2) is 5.84 Å². The van der Waals surface area contributed by atoms with Crippen molar-refractivity contribution in [2.45, 2.75) is 51.9 Å². The van der Waals surface area contributed by atoms with Crippen molar-refractivity contribution in [3.63, 3.8) is 0 Å². The second-order valence-electron chi connectivity index (χ2n) is 5.73. The number of likely N-dealkylation sites (N-methyl/N-ethyl adjacent to an activating group) is 1. The van der Waals surface area contributed by atoms with Crippen molar-refractivity contribution in [3.8, 4) is 0 Å². The Hall–Kier alpha value is -1.54. The average Bonchev–Trinajstić information content (AvgIpc) is 2.39. The lowest BCUT2D eigenvalue weighted by atomic mass is 10.2. The maximum Gasteiger partial charge on any atom is 0.410 e. The van der Waals surface area contributed by atoms with Gasteiger partial charge < -0.3 is 25.5 Å². The largest absolute Gasteiger partial charge is 0.444 e. The minimum absolute atomic E-state index is 0.0112. The fraction of sp³-hybridized carbons (Fsp3) is 0.846. The van der Waals surface area contributed by atoms with E-state index in [-0.39, 0.29) is 19.0 Å². The van der Waals surface area contributed by atoms with Crippen LogP contribution < -0.4 is 5.73 Å². The molecule has 0 aliphatic heterocycles. The number of carbonyl (C=O) groups is 1. The number of aliphatic hydroxyl groups excluding tert-OH is 1. The summed E-state index contributed by atoms with van der Waals surface area (Å²) < 4.78 is 10.5. The van der Waals surface area contributed by atoms with E-state index in [9.17, 15) is 9.90 Å². The van der Waals surface area contributed by atoms with E-state index < -0.39 is 23.8 Å². The molecule has 0 rings (SSSR count). The summed E-state index contributed by atoms with van der Waals surface area (Å²) in [6.07, 6.45) is -0.653. The van der Waals surface area contributed by atoms with E-state index in [2.05, 4.69) is 5.16 Å². The van der Waals surface area contributed by atoms with Crippen molar-refractivity contribution in [3.05, 3.63) is 0 Å². The predicted octanol–water partition coefficient (Wildman–Crippen LogP) is 0.756. The zero-order valence-corrected chi connectivity index (χ0v) is 13.4. The van der Waals surface area contributed by atoms with E-state index in [1.807, 2.05) is 6.92 Å². The highest BCUT2D eigenvalue weighted by atomic mass is 16.6. The molecule has 0 radical (unpaired) electrons. The zero-order chi connectivity index (χ0) is 16.6. The number of hydrogen-bond donors (Lipinski definition) is 3. The topological polar surface area (TPSA) is 118 Å². The summed E-state index contributed by atoms with van der Waals surface area (Å²) in [7, 11) is 1.47. The van der Waals surface area contributed by atoms with Gasteiger partial charge in [0.05, 0.1) is 19.3 Å². The molecule has 1 amide bonds. The average molecular weight is 305 g/mol. The molecule has 0 aliphatic rings. The summed E-state index contributed by atoms with van der Waals surface area (Å²) in [5.74, 6) is -0.172. The van der Waals surface area contributed by atoms with Crippen LogP contribution >= 0.6 is 0 Å². The monoisotopic (exact) mass is 305 g/mol. The molecular formula is C13H27N3O5. The third-order valence-electron chi connectivity index (χ3n) is 2.66. The van der Waals surface area contributed by atoms with Gasteiger partial charge in [-0.2, -0.15) is 0 Å². The van der Waals surface area contributed by atoms with Crippen LogP contribution in [-0.2, 0) is 9.47 Å². The first-order valence-electron chi connectivity index (χ1n) is 6.81. The van der Waals surface area contributed by atoms with Crippen LogP contribution in [0.5, 0.6) is 0 Å². The Bertz CT molecular complexity index is 354. The summed E-state index contributed by atoms with van der Waals surface area (Å²) >= 11 is 0. The third kappa shape index (κ3) is 7.72. The van der Waals surface area contributed by atoms with Crippen LogP contribution in [0.3, 0.4) is 0 Å². The predicted molar refractivity (Wildman–Crippen MR) is 78.3 cm³/mol. The molecule has 4 N–H and O–H groups in total. The number of nitrogens with two attached hydrogens (primary N) is 1. The second-order valence-corrected chi connectivity index (χ2v) is 5.73. The molecule has 0 fully saturated rings. The van der Waals surface area contributed by atoms with Gasteiger partial charge in [-0.15, -0.1) is 0 Å². The van der Waals surface area contributed by atoms with Crippen molar-refractivity contribution < 1.29 is 24.6 Å². The molecule has 0 bridgehead atoms. The highest BCUT2D eigenvalue weighted by molar-refractivity contribution is 5.88. The Labute approximate surface area is 125 Å². The minimum atomic E-state index is -0.783. The van der Waals surface area contributed by atoms with Crippen molar-refractivity contribution in [1.82, 2.24) is 4.90 Å². The van der Waals surface area contributed by atoms with Gasteiger partial charge in [0, 0.05) is 7.05 Å². The van der Waals surface area contributed by atoms with Crippen molar-refractivity contribution in [1.29, 1.82) is 0 Å². The van der Waals surface area contributed by atoms with E-state index in [1.54, 1.807) is 20.8 Å². The smallest absolute Gasteiger partial charge is 0.410 e. The number of oxime groups is 1. The van der Waals surface area contributed by atoms with Gasteiger partial charge >= 0.3 is 6.09 Å². The Kier molecular flexibility index (Phi) is 8.05. The molecule has 0 aliphatic carbocycles. The number of amidine groups is 1. The Morgan fingerprint density at radius 1 is 1.38 bits per heavy atom. The maximum atomic E-state index is 12.0. The van der Waals surface area contributed by atoms with Crippen LogP contribution in [0, 0.1) is 0 Å². The highest BCUT2D eigenvalue weighted by Gasteiger charge is 2.28. The molecule has 0 aromatic carbocycles. The molecule has 0 saturated heterocycles. The molecule has 0 aromatic heterocycles. The van der Waals surface area contributed by atoms with Gasteiger partial charge in [-0.1, -0.05) is 12.1 Å². The second kappa shape index (κ2) is 8.68. The lowest BCUT2D eigenvalue weighted by molar-refractivity contribution is 0.00203. The number of ether oxygens (including phenoxy) is 2. The first-order chi connectivity index (χ1) is 9.62. The summed E-state index contributed by atoms with van der Waals surface area (Å²) in [5, 5.41) is 21.1. The molecule has 0 heterocycles. The third-order valence-corrected chi connectivity index (χ3v) is 2.66. The van der Waals surface area contributed by atoms with Crippen LogP contribution in [0.4, 0.5) is 4.79 Å². The fourth-order valence-electron chi connectivity index (χ4n) is 1.36. The highest BCUT2D eigenvalue weighted by Crippen LogP contribution is 2.11. The lowest BCUT2D eigenvalue weighted by Crippen LogP contribution is -2.50.